The molecule has 18 heavy (non-hydrogen) atoms. The van der Waals surface area contributed by atoms with Gasteiger partial charge in [-0.2, -0.15) is 0 Å². The largest absolute Gasteiger partial charge is 0.493 e. The number of hydrogen-bond acceptors (Lipinski definition) is 3. The highest BCUT2D eigenvalue weighted by Gasteiger charge is 2.17. The van der Waals surface area contributed by atoms with E-state index < -0.39 is 0 Å². The Bertz CT molecular complexity index is 376. The van der Waals surface area contributed by atoms with Gasteiger partial charge in [-0.3, -0.25) is 0 Å². The van der Waals surface area contributed by atoms with Crippen LogP contribution in [0.2, 0.25) is 5.02 Å². The molecule has 1 aromatic rings. The zero-order valence-electron chi connectivity index (χ0n) is 11.5. The SMILES string of the molecule is CCCC(NCC)c1cc(OC)c(OC)cc1Cl. The van der Waals surface area contributed by atoms with E-state index in [1.165, 1.54) is 0 Å². The van der Waals surface area contributed by atoms with Gasteiger partial charge in [0.25, 0.3) is 0 Å². The fourth-order valence-electron chi connectivity index (χ4n) is 2.04. The van der Waals surface area contributed by atoms with E-state index in [0.29, 0.717) is 10.8 Å². The molecule has 0 aromatic heterocycles. The average molecular weight is 272 g/mol. The maximum Gasteiger partial charge on any atom is 0.162 e. The highest BCUT2D eigenvalue weighted by Crippen LogP contribution is 2.36. The van der Waals surface area contributed by atoms with Gasteiger partial charge in [0.2, 0.25) is 0 Å². The van der Waals surface area contributed by atoms with Crippen molar-refractivity contribution >= 4 is 11.6 Å². The first kappa shape index (κ1) is 15.1. The van der Waals surface area contributed by atoms with Gasteiger partial charge in [-0.1, -0.05) is 31.9 Å². The number of nitrogens with one attached hydrogen (secondary N) is 1. The molecule has 0 saturated heterocycles. The molecule has 0 heterocycles. The summed E-state index contributed by atoms with van der Waals surface area (Å²) in [5.74, 6) is 1.38. The summed E-state index contributed by atoms with van der Waals surface area (Å²) in [5.41, 5.74) is 1.07. The third kappa shape index (κ3) is 3.53. The Morgan fingerprint density at radius 1 is 1.17 bits per heavy atom. The lowest BCUT2D eigenvalue weighted by atomic mass is 10.0. The summed E-state index contributed by atoms with van der Waals surface area (Å²) in [5, 5.41) is 4.16. The molecule has 0 aliphatic rings. The van der Waals surface area contributed by atoms with Crippen LogP contribution in [0.15, 0.2) is 12.1 Å². The summed E-state index contributed by atoms with van der Waals surface area (Å²) in [6.07, 6.45) is 2.14. The molecule has 0 saturated carbocycles. The molecule has 0 amide bonds. The highest BCUT2D eigenvalue weighted by atomic mass is 35.5. The van der Waals surface area contributed by atoms with E-state index >= 15 is 0 Å². The van der Waals surface area contributed by atoms with Crippen molar-refractivity contribution in [2.24, 2.45) is 0 Å². The van der Waals surface area contributed by atoms with E-state index in [1.54, 1.807) is 14.2 Å². The van der Waals surface area contributed by atoms with Crippen LogP contribution in [0.3, 0.4) is 0 Å². The van der Waals surface area contributed by atoms with Crippen LogP contribution in [0.1, 0.15) is 38.3 Å². The maximum absolute atomic E-state index is 6.33. The van der Waals surface area contributed by atoms with Crippen LogP contribution in [0.4, 0.5) is 0 Å². The van der Waals surface area contributed by atoms with Crippen molar-refractivity contribution in [3.63, 3.8) is 0 Å². The molecule has 1 rings (SSSR count). The number of ether oxygens (including phenoxy) is 2. The van der Waals surface area contributed by atoms with E-state index in [-0.39, 0.29) is 6.04 Å². The van der Waals surface area contributed by atoms with Gasteiger partial charge in [-0.05, 0) is 24.6 Å². The Hall–Kier alpha value is -0.930. The van der Waals surface area contributed by atoms with Crippen LogP contribution in [-0.2, 0) is 0 Å². The van der Waals surface area contributed by atoms with E-state index in [1.807, 2.05) is 12.1 Å². The molecule has 1 N–H and O–H groups in total. The van der Waals surface area contributed by atoms with Crippen molar-refractivity contribution in [1.82, 2.24) is 5.32 Å². The van der Waals surface area contributed by atoms with E-state index in [9.17, 15) is 0 Å². The topological polar surface area (TPSA) is 30.5 Å². The van der Waals surface area contributed by atoms with Gasteiger partial charge in [0.05, 0.1) is 14.2 Å². The molecule has 1 unspecified atom stereocenters. The Labute approximate surface area is 114 Å². The number of hydrogen-bond donors (Lipinski definition) is 1. The van der Waals surface area contributed by atoms with Gasteiger partial charge >= 0.3 is 0 Å². The van der Waals surface area contributed by atoms with Gasteiger partial charge in [-0.15, -0.1) is 0 Å². The molecule has 3 nitrogen and oxygen atoms in total. The van der Waals surface area contributed by atoms with E-state index in [2.05, 4.69) is 19.2 Å². The second-order valence-electron chi connectivity index (χ2n) is 4.13. The average Bonchev–Trinajstić information content (AvgIpc) is 2.38. The number of rotatable bonds is 7. The molecule has 102 valence electrons. The Morgan fingerprint density at radius 2 is 1.78 bits per heavy atom. The van der Waals surface area contributed by atoms with Crippen LogP contribution in [0.5, 0.6) is 11.5 Å². The summed E-state index contributed by atoms with van der Waals surface area (Å²) in [4.78, 5) is 0. The normalized spacial score (nSPS) is 12.3. The molecule has 0 radical (unpaired) electrons. The van der Waals surface area contributed by atoms with Crippen molar-refractivity contribution in [3.05, 3.63) is 22.7 Å². The van der Waals surface area contributed by atoms with Crippen molar-refractivity contribution in [2.75, 3.05) is 20.8 Å². The second-order valence-corrected chi connectivity index (χ2v) is 4.53. The molecular weight excluding hydrogens is 250 g/mol. The van der Waals surface area contributed by atoms with Crippen LogP contribution >= 0.6 is 11.6 Å². The zero-order chi connectivity index (χ0) is 13.5. The van der Waals surface area contributed by atoms with E-state index in [0.717, 1.165) is 30.7 Å². The molecule has 1 atom stereocenters. The van der Waals surface area contributed by atoms with Crippen LogP contribution in [0, 0.1) is 0 Å². The summed E-state index contributed by atoms with van der Waals surface area (Å²) in [7, 11) is 3.25. The van der Waals surface area contributed by atoms with Gasteiger partial charge in [0.1, 0.15) is 0 Å². The summed E-state index contributed by atoms with van der Waals surface area (Å²) in [6, 6.07) is 4.03. The molecule has 4 heteroatoms. The molecule has 1 aromatic carbocycles. The molecule has 0 spiro atoms. The van der Waals surface area contributed by atoms with Crippen LogP contribution in [0.25, 0.3) is 0 Å². The first-order valence-electron chi connectivity index (χ1n) is 6.32. The predicted octanol–water partition coefficient (Wildman–Crippen LogP) is 3.81. The maximum atomic E-state index is 6.33. The van der Waals surface area contributed by atoms with Crippen molar-refractivity contribution < 1.29 is 9.47 Å². The smallest absolute Gasteiger partial charge is 0.162 e. The minimum Gasteiger partial charge on any atom is -0.493 e. The summed E-state index contributed by atoms with van der Waals surface area (Å²) >= 11 is 6.33. The third-order valence-corrected chi connectivity index (χ3v) is 3.23. The second kappa shape index (κ2) is 7.49. The van der Waals surface area contributed by atoms with Gasteiger partial charge in [0.15, 0.2) is 11.5 Å². The zero-order valence-corrected chi connectivity index (χ0v) is 12.3. The highest BCUT2D eigenvalue weighted by molar-refractivity contribution is 6.31. The van der Waals surface area contributed by atoms with Crippen molar-refractivity contribution in [3.8, 4) is 11.5 Å². The number of benzene rings is 1. The third-order valence-electron chi connectivity index (χ3n) is 2.91. The predicted molar refractivity (Wildman–Crippen MR) is 75.9 cm³/mol. The molecule has 0 fully saturated rings. The number of halogens is 1. The lowest BCUT2D eigenvalue weighted by molar-refractivity contribution is 0.353. The minimum absolute atomic E-state index is 0.257. The van der Waals surface area contributed by atoms with Gasteiger partial charge in [-0.25, -0.2) is 0 Å². The first-order valence-corrected chi connectivity index (χ1v) is 6.70. The fraction of sp³-hybridized carbons (Fsp3) is 0.571. The summed E-state index contributed by atoms with van der Waals surface area (Å²) < 4.78 is 10.6. The summed E-state index contributed by atoms with van der Waals surface area (Å²) in [6.45, 7) is 5.17. The number of methoxy groups -OCH3 is 2. The first-order chi connectivity index (χ1) is 8.67. The van der Waals surface area contributed by atoms with E-state index in [4.69, 9.17) is 21.1 Å². The van der Waals surface area contributed by atoms with Crippen molar-refractivity contribution in [1.29, 1.82) is 0 Å². The molecule has 0 aliphatic carbocycles. The Morgan fingerprint density at radius 3 is 2.28 bits per heavy atom. The molecular formula is C14H22ClNO2. The minimum atomic E-state index is 0.257. The monoisotopic (exact) mass is 271 g/mol. The van der Waals surface area contributed by atoms with Crippen LogP contribution < -0.4 is 14.8 Å². The quantitative estimate of drug-likeness (QED) is 0.818. The molecule has 0 aliphatic heterocycles. The lowest BCUT2D eigenvalue weighted by Crippen LogP contribution is -2.21. The Balaban J connectivity index is 3.12. The van der Waals surface area contributed by atoms with Gasteiger partial charge in [0, 0.05) is 17.1 Å². The standard InChI is InChI=1S/C14H22ClNO2/c1-5-7-12(16-6-2)10-8-13(17-3)14(18-4)9-11(10)15/h8-9,12,16H,5-7H2,1-4H3. The Kier molecular flexibility index (Phi) is 6.30. The van der Waals surface area contributed by atoms with Gasteiger partial charge < -0.3 is 14.8 Å². The van der Waals surface area contributed by atoms with Crippen molar-refractivity contribution in [2.45, 2.75) is 32.7 Å². The van der Waals surface area contributed by atoms with Crippen LogP contribution in [-0.4, -0.2) is 20.8 Å². The molecule has 0 bridgehead atoms. The fourth-order valence-corrected chi connectivity index (χ4v) is 2.32. The lowest BCUT2D eigenvalue weighted by Gasteiger charge is -2.20.